The van der Waals surface area contributed by atoms with Gasteiger partial charge in [0, 0.05) is 28.9 Å². The lowest BCUT2D eigenvalue weighted by Gasteiger charge is -2.46. The highest BCUT2D eigenvalue weighted by Gasteiger charge is 2.37. The fraction of sp³-hybridized carbons (Fsp3) is 0.500. The summed E-state index contributed by atoms with van der Waals surface area (Å²) in [5, 5.41) is 7.32. The van der Waals surface area contributed by atoms with Crippen LogP contribution in [0.2, 0.25) is 0 Å². The second kappa shape index (κ2) is 6.64. The number of hydrogen-bond donors (Lipinski definition) is 2. The molecule has 1 aliphatic rings. The molecule has 0 amide bonds. The smallest absolute Gasteiger partial charge is 0.161 e. The Labute approximate surface area is 150 Å². The van der Waals surface area contributed by atoms with Gasteiger partial charge in [0.2, 0.25) is 0 Å². The van der Waals surface area contributed by atoms with Crippen LogP contribution in [0.4, 0.5) is 5.82 Å². The van der Waals surface area contributed by atoms with Gasteiger partial charge in [-0.05, 0) is 58.7 Å². The van der Waals surface area contributed by atoms with E-state index >= 15 is 0 Å². The van der Waals surface area contributed by atoms with Gasteiger partial charge in [-0.25, -0.2) is 9.97 Å². The van der Waals surface area contributed by atoms with Crippen LogP contribution in [0.15, 0.2) is 36.5 Å². The van der Waals surface area contributed by atoms with Crippen LogP contribution < -0.4 is 15.4 Å². The highest BCUT2D eigenvalue weighted by Crippen LogP contribution is 2.30. The van der Waals surface area contributed by atoms with Crippen molar-refractivity contribution in [3.63, 3.8) is 0 Å². The number of aromatic nitrogens is 2. The van der Waals surface area contributed by atoms with E-state index in [1.165, 1.54) is 0 Å². The quantitative estimate of drug-likeness (QED) is 0.885. The Morgan fingerprint density at radius 3 is 2.52 bits per heavy atom. The van der Waals surface area contributed by atoms with E-state index in [-0.39, 0.29) is 11.1 Å². The summed E-state index contributed by atoms with van der Waals surface area (Å²) in [5.41, 5.74) is 1.15. The summed E-state index contributed by atoms with van der Waals surface area (Å²) in [6.45, 7) is 9.02. The van der Waals surface area contributed by atoms with Crippen molar-refractivity contribution in [3.05, 3.63) is 36.5 Å². The van der Waals surface area contributed by atoms with Crippen molar-refractivity contribution in [2.45, 2.75) is 57.7 Å². The highest BCUT2D eigenvalue weighted by molar-refractivity contribution is 5.59. The first-order valence-corrected chi connectivity index (χ1v) is 8.80. The second-order valence-electron chi connectivity index (χ2n) is 8.14. The van der Waals surface area contributed by atoms with Gasteiger partial charge in [0.15, 0.2) is 5.82 Å². The number of hydrogen-bond acceptors (Lipinski definition) is 5. The third-order valence-corrected chi connectivity index (χ3v) is 4.53. The molecule has 0 unspecified atom stereocenters. The van der Waals surface area contributed by atoms with Crippen molar-refractivity contribution in [2.24, 2.45) is 0 Å². The first kappa shape index (κ1) is 17.7. The molecule has 0 spiro atoms. The van der Waals surface area contributed by atoms with Crippen LogP contribution in [-0.2, 0) is 0 Å². The van der Waals surface area contributed by atoms with Crippen molar-refractivity contribution < 1.29 is 4.74 Å². The number of nitrogens with zero attached hydrogens (tertiary/aromatic N) is 2. The number of rotatable bonds is 4. The highest BCUT2D eigenvalue weighted by atomic mass is 16.5. The van der Waals surface area contributed by atoms with Gasteiger partial charge in [0.25, 0.3) is 0 Å². The average Bonchev–Trinajstić information content (AvgIpc) is 2.52. The molecule has 2 N–H and O–H groups in total. The summed E-state index contributed by atoms with van der Waals surface area (Å²) >= 11 is 0. The number of methoxy groups -OCH3 is 1. The third-order valence-electron chi connectivity index (χ3n) is 4.53. The number of nitrogens with one attached hydrogen (secondary N) is 2. The molecule has 0 atom stereocenters. The third kappa shape index (κ3) is 4.48. The van der Waals surface area contributed by atoms with Gasteiger partial charge in [-0.2, -0.15) is 0 Å². The standard InChI is InChI=1S/C20H28N4O/c1-19(2)12-15(13-20(3,4)24-19)22-17-9-10-21-18(23-17)14-7-6-8-16(11-14)25-5/h6-11,15,24H,12-13H2,1-5H3,(H,21,22,23). The van der Waals surface area contributed by atoms with Crippen molar-refractivity contribution in [2.75, 3.05) is 12.4 Å². The van der Waals surface area contributed by atoms with E-state index in [1.54, 1.807) is 7.11 Å². The van der Waals surface area contributed by atoms with Crippen LogP contribution in [-0.4, -0.2) is 34.2 Å². The summed E-state index contributed by atoms with van der Waals surface area (Å²) in [7, 11) is 1.67. The molecule has 0 bridgehead atoms. The fourth-order valence-electron chi connectivity index (χ4n) is 3.97. The summed E-state index contributed by atoms with van der Waals surface area (Å²) < 4.78 is 5.30. The largest absolute Gasteiger partial charge is 0.497 e. The van der Waals surface area contributed by atoms with Gasteiger partial charge >= 0.3 is 0 Å². The second-order valence-corrected chi connectivity index (χ2v) is 8.14. The molecule has 25 heavy (non-hydrogen) atoms. The normalized spacial score (nSPS) is 19.4. The van der Waals surface area contributed by atoms with E-state index in [0.717, 1.165) is 30.0 Å². The van der Waals surface area contributed by atoms with Crippen LogP contribution in [0.25, 0.3) is 11.4 Å². The lowest BCUT2D eigenvalue weighted by molar-refractivity contribution is 0.170. The molecule has 2 heterocycles. The summed E-state index contributed by atoms with van der Waals surface area (Å²) in [6.07, 6.45) is 3.91. The Morgan fingerprint density at radius 1 is 1.12 bits per heavy atom. The monoisotopic (exact) mass is 340 g/mol. The van der Waals surface area contributed by atoms with Gasteiger partial charge in [-0.1, -0.05) is 12.1 Å². The van der Waals surface area contributed by atoms with Crippen molar-refractivity contribution in [1.29, 1.82) is 0 Å². The number of anilines is 1. The van der Waals surface area contributed by atoms with Gasteiger partial charge in [-0.3, -0.25) is 0 Å². The van der Waals surface area contributed by atoms with Crippen LogP contribution in [0.1, 0.15) is 40.5 Å². The van der Waals surface area contributed by atoms with Crippen molar-refractivity contribution in [3.8, 4) is 17.1 Å². The first-order valence-electron chi connectivity index (χ1n) is 8.80. The first-order chi connectivity index (χ1) is 11.8. The molecule has 0 aliphatic carbocycles. The lowest BCUT2D eigenvalue weighted by atomic mass is 9.79. The molecular formula is C20H28N4O. The van der Waals surface area contributed by atoms with E-state index < -0.39 is 0 Å². The van der Waals surface area contributed by atoms with Gasteiger partial charge < -0.3 is 15.4 Å². The molecule has 134 valence electrons. The molecule has 0 saturated carbocycles. The molecule has 5 heteroatoms. The van der Waals surface area contributed by atoms with Gasteiger partial charge in [0.1, 0.15) is 11.6 Å². The maximum Gasteiger partial charge on any atom is 0.161 e. The topological polar surface area (TPSA) is 59.1 Å². The van der Waals surface area contributed by atoms with E-state index in [4.69, 9.17) is 9.72 Å². The SMILES string of the molecule is COc1cccc(-c2nccc(NC3CC(C)(C)NC(C)(C)C3)n2)c1. The molecule has 1 saturated heterocycles. The maximum atomic E-state index is 5.30. The molecule has 1 fully saturated rings. The predicted octanol–water partition coefficient (Wildman–Crippen LogP) is 3.87. The molecule has 0 radical (unpaired) electrons. The Hall–Kier alpha value is -2.14. The lowest BCUT2D eigenvalue weighted by Crippen LogP contribution is -2.60. The Balaban J connectivity index is 1.80. The molecule has 5 nitrogen and oxygen atoms in total. The van der Waals surface area contributed by atoms with E-state index in [9.17, 15) is 0 Å². The Morgan fingerprint density at radius 2 is 1.84 bits per heavy atom. The zero-order valence-electron chi connectivity index (χ0n) is 15.8. The zero-order valence-corrected chi connectivity index (χ0v) is 15.8. The van der Waals surface area contributed by atoms with Crippen molar-refractivity contribution in [1.82, 2.24) is 15.3 Å². The van der Waals surface area contributed by atoms with Crippen LogP contribution in [0, 0.1) is 0 Å². The Kier molecular flexibility index (Phi) is 4.69. The minimum Gasteiger partial charge on any atom is -0.497 e. The van der Waals surface area contributed by atoms with Gasteiger partial charge in [0.05, 0.1) is 7.11 Å². The average molecular weight is 340 g/mol. The number of piperidine rings is 1. The number of benzene rings is 1. The van der Waals surface area contributed by atoms with Crippen molar-refractivity contribution >= 4 is 5.82 Å². The minimum atomic E-state index is 0.0993. The minimum absolute atomic E-state index is 0.0993. The molecule has 1 aromatic carbocycles. The summed E-state index contributed by atoms with van der Waals surface area (Å²) in [5.74, 6) is 2.38. The molecule has 1 aliphatic heterocycles. The maximum absolute atomic E-state index is 5.30. The van der Waals surface area contributed by atoms with Crippen LogP contribution in [0.3, 0.4) is 0 Å². The summed E-state index contributed by atoms with van der Waals surface area (Å²) in [4.78, 5) is 9.13. The molecule has 1 aromatic heterocycles. The van der Waals surface area contributed by atoms with Crippen LogP contribution >= 0.6 is 0 Å². The molecule has 3 rings (SSSR count). The zero-order chi connectivity index (χ0) is 18.1. The van der Waals surface area contributed by atoms with E-state index in [0.29, 0.717) is 11.9 Å². The fourth-order valence-corrected chi connectivity index (χ4v) is 3.97. The van der Waals surface area contributed by atoms with Gasteiger partial charge in [-0.15, -0.1) is 0 Å². The predicted molar refractivity (Wildman–Crippen MR) is 102 cm³/mol. The Bertz CT molecular complexity index is 726. The van der Waals surface area contributed by atoms with Crippen LogP contribution in [0.5, 0.6) is 5.75 Å². The summed E-state index contributed by atoms with van der Waals surface area (Å²) in [6, 6.07) is 10.1. The van der Waals surface area contributed by atoms with E-state index in [1.807, 2.05) is 36.5 Å². The molecule has 2 aromatic rings. The van der Waals surface area contributed by atoms with E-state index in [2.05, 4.69) is 43.3 Å². The number of ether oxygens (including phenoxy) is 1. The molecular weight excluding hydrogens is 312 g/mol.